The summed E-state index contributed by atoms with van der Waals surface area (Å²) >= 11 is 0. The lowest BCUT2D eigenvalue weighted by molar-refractivity contribution is 0.163. The summed E-state index contributed by atoms with van der Waals surface area (Å²) in [5.74, 6) is 0. The Bertz CT molecular complexity index is 57.8. The Morgan fingerprint density at radius 2 is 1.89 bits per heavy atom. The van der Waals surface area contributed by atoms with E-state index in [1.807, 2.05) is 0 Å². The second-order valence-electron chi connectivity index (χ2n) is 0.752. The van der Waals surface area contributed by atoms with Gasteiger partial charge in [-0.05, 0) is 14.0 Å². The summed E-state index contributed by atoms with van der Waals surface area (Å²) in [6.07, 6.45) is -0.711. The van der Waals surface area contributed by atoms with E-state index in [0.29, 0.717) is 6.61 Å². The van der Waals surface area contributed by atoms with Gasteiger partial charge in [0.15, 0.2) is 0 Å². The number of carbonyl (C=O) groups excluding carboxylic acids is 1. The van der Waals surface area contributed by atoms with Gasteiger partial charge in [-0.25, -0.2) is 4.79 Å². The molecule has 5 heteroatoms. The van der Waals surface area contributed by atoms with E-state index in [1.165, 1.54) is 7.05 Å². The zero-order valence-corrected chi connectivity index (χ0v) is 5.89. The van der Waals surface area contributed by atoms with Gasteiger partial charge >= 0.3 is 6.09 Å². The van der Waals surface area contributed by atoms with Crippen LogP contribution in [0.4, 0.5) is 4.79 Å². The third-order valence-corrected chi connectivity index (χ3v) is 0.287. The van der Waals surface area contributed by atoms with Crippen LogP contribution in [0, 0.1) is 0 Å². The first-order valence-corrected chi connectivity index (χ1v) is 2.27. The summed E-state index contributed by atoms with van der Waals surface area (Å²) in [7, 11) is 1.50. The van der Waals surface area contributed by atoms with Gasteiger partial charge in [-0.15, -0.1) is 0 Å². The molecule has 5 nitrogen and oxygen atoms in total. The zero-order chi connectivity index (χ0) is 6.99. The van der Waals surface area contributed by atoms with Crippen LogP contribution in [0.15, 0.2) is 0 Å². The summed E-state index contributed by atoms with van der Waals surface area (Å²) in [6.45, 7) is 2.06. The molecule has 0 bridgehead atoms. The van der Waals surface area contributed by atoms with Crippen molar-refractivity contribution in [3.8, 4) is 0 Å². The van der Waals surface area contributed by atoms with Crippen LogP contribution in [0.2, 0.25) is 0 Å². The van der Waals surface area contributed by atoms with Crippen molar-refractivity contribution in [2.45, 2.75) is 6.92 Å². The normalized spacial score (nSPS) is 5.67. The van der Waals surface area contributed by atoms with Crippen molar-refractivity contribution in [1.29, 1.82) is 0 Å². The molecule has 0 aromatic rings. The molecule has 58 valence electrons. The lowest BCUT2D eigenvalue weighted by Gasteiger charge is -1.89. The Hall–Kier alpha value is -0.810. The standard InChI is InChI=1S/C3H7NO2.CH5N.H3N/c1-2-6-3(4)5;1-2;/h2H2,1H3,(H2,4,5);2H2,1H3;1H3. The van der Waals surface area contributed by atoms with E-state index in [1.54, 1.807) is 6.92 Å². The molecule has 0 heterocycles. The van der Waals surface area contributed by atoms with Gasteiger partial charge in [0.2, 0.25) is 0 Å². The highest BCUT2D eigenvalue weighted by Crippen LogP contribution is 1.66. The smallest absolute Gasteiger partial charge is 0.404 e. The van der Waals surface area contributed by atoms with Gasteiger partial charge < -0.3 is 22.4 Å². The van der Waals surface area contributed by atoms with Crippen molar-refractivity contribution in [2.75, 3.05) is 13.7 Å². The van der Waals surface area contributed by atoms with Gasteiger partial charge in [0.1, 0.15) is 0 Å². The monoisotopic (exact) mass is 137 g/mol. The van der Waals surface area contributed by atoms with Crippen LogP contribution in [0.25, 0.3) is 0 Å². The van der Waals surface area contributed by atoms with Crippen LogP contribution >= 0.6 is 0 Å². The van der Waals surface area contributed by atoms with E-state index < -0.39 is 6.09 Å². The lowest BCUT2D eigenvalue weighted by Crippen LogP contribution is -2.11. The van der Waals surface area contributed by atoms with E-state index in [0.717, 1.165) is 0 Å². The Morgan fingerprint density at radius 1 is 1.56 bits per heavy atom. The zero-order valence-electron chi connectivity index (χ0n) is 5.89. The molecule has 0 aromatic carbocycles. The van der Waals surface area contributed by atoms with Crippen LogP contribution in [0.5, 0.6) is 0 Å². The Balaban J connectivity index is -0.000000109. The maximum atomic E-state index is 9.60. The Labute approximate surface area is 54.9 Å². The number of hydrogen-bond acceptors (Lipinski definition) is 4. The molecule has 0 aliphatic heterocycles. The number of ether oxygens (including phenoxy) is 1. The molecule has 0 atom stereocenters. The number of primary amides is 1. The number of hydrogen-bond donors (Lipinski definition) is 3. The second-order valence-corrected chi connectivity index (χ2v) is 0.752. The first kappa shape index (κ1) is 15.7. The predicted molar refractivity (Wildman–Crippen MR) is 36.3 cm³/mol. The van der Waals surface area contributed by atoms with Crippen LogP contribution in [0.1, 0.15) is 6.92 Å². The van der Waals surface area contributed by atoms with Gasteiger partial charge in [-0.3, -0.25) is 0 Å². The van der Waals surface area contributed by atoms with E-state index in [-0.39, 0.29) is 6.15 Å². The number of nitrogens with two attached hydrogens (primary N) is 2. The summed E-state index contributed by atoms with van der Waals surface area (Å²) < 4.78 is 4.18. The molecule has 9 heavy (non-hydrogen) atoms. The first-order valence-electron chi connectivity index (χ1n) is 2.27. The highest BCUT2D eigenvalue weighted by Gasteiger charge is 1.82. The van der Waals surface area contributed by atoms with Gasteiger partial charge in [-0.1, -0.05) is 0 Å². The van der Waals surface area contributed by atoms with Crippen molar-refractivity contribution in [3.63, 3.8) is 0 Å². The average molecular weight is 137 g/mol. The number of amides is 1. The van der Waals surface area contributed by atoms with E-state index in [4.69, 9.17) is 0 Å². The van der Waals surface area contributed by atoms with E-state index in [9.17, 15) is 4.79 Å². The molecule has 7 N–H and O–H groups in total. The minimum atomic E-state index is -0.711. The van der Waals surface area contributed by atoms with Crippen LogP contribution in [-0.2, 0) is 4.74 Å². The fourth-order valence-corrected chi connectivity index (χ4v) is 0.142. The minimum Gasteiger partial charge on any atom is -0.450 e. The first-order chi connectivity index (χ1) is 3.77. The van der Waals surface area contributed by atoms with Crippen LogP contribution in [0.3, 0.4) is 0 Å². The summed E-state index contributed by atoms with van der Waals surface area (Å²) in [5.41, 5.74) is 9.04. The van der Waals surface area contributed by atoms with Gasteiger partial charge in [0.05, 0.1) is 6.61 Å². The molecule has 0 aliphatic rings. The molecular weight excluding hydrogens is 122 g/mol. The van der Waals surface area contributed by atoms with Gasteiger partial charge in [0, 0.05) is 0 Å². The van der Waals surface area contributed by atoms with Crippen molar-refractivity contribution < 1.29 is 9.53 Å². The fraction of sp³-hybridized carbons (Fsp3) is 0.750. The average Bonchev–Trinajstić information content (AvgIpc) is 1.72. The topological polar surface area (TPSA) is 113 Å². The third kappa shape index (κ3) is 40.4. The summed E-state index contributed by atoms with van der Waals surface area (Å²) in [6, 6.07) is 0. The quantitative estimate of drug-likeness (QED) is 0.465. The SMILES string of the molecule is CCOC(N)=O.CN.N. The third-order valence-electron chi connectivity index (χ3n) is 0.287. The maximum absolute atomic E-state index is 9.60. The molecule has 0 fully saturated rings. The maximum Gasteiger partial charge on any atom is 0.404 e. The van der Waals surface area contributed by atoms with Crippen molar-refractivity contribution in [2.24, 2.45) is 11.5 Å². The van der Waals surface area contributed by atoms with Crippen molar-refractivity contribution >= 4 is 6.09 Å². The molecular formula is C4H15N3O2. The largest absolute Gasteiger partial charge is 0.450 e. The number of rotatable bonds is 1. The summed E-state index contributed by atoms with van der Waals surface area (Å²) in [5, 5.41) is 0. The highest BCUT2D eigenvalue weighted by atomic mass is 16.5. The molecule has 0 saturated carbocycles. The molecule has 0 aliphatic carbocycles. The predicted octanol–water partition coefficient (Wildman–Crippen LogP) is -0.161. The minimum absolute atomic E-state index is 0. The molecule has 0 spiro atoms. The highest BCUT2D eigenvalue weighted by molar-refractivity contribution is 5.64. The second kappa shape index (κ2) is 15.7. The van der Waals surface area contributed by atoms with Crippen molar-refractivity contribution in [3.05, 3.63) is 0 Å². The van der Waals surface area contributed by atoms with E-state index in [2.05, 4.69) is 16.2 Å². The van der Waals surface area contributed by atoms with Crippen LogP contribution in [-0.4, -0.2) is 19.7 Å². The Kier molecular flexibility index (Phi) is 27.4. The molecule has 0 unspecified atom stereocenters. The van der Waals surface area contributed by atoms with Gasteiger partial charge in [0.25, 0.3) is 0 Å². The molecule has 0 aromatic heterocycles. The Morgan fingerprint density at radius 3 is 1.89 bits per heavy atom. The molecule has 0 rings (SSSR count). The molecule has 0 radical (unpaired) electrons. The van der Waals surface area contributed by atoms with Gasteiger partial charge in [-0.2, -0.15) is 0 Å². The summed E-state index contributed by atoms with van der Waals surface area (Å²) in [4.78, 5) is 9.60. The van der Waals surface area contributed by atoms with Crippen molar-refractivity contribution in [1.82, 2.24) is 6.15 Å². The molecule has 1 amide bonds. The number of carbonyl (C=O) groups is 1. The molecule has 0 saturated heterocycles. The fourth-order valence-electron chi connectivity index (χ4n) is 0.142. The van der Waals surface area contributed by atoms with Crippen LogP contribution < -0.4 is 17.6 Å². The lowest BCUT2D eigenvalue weighted by atomic mass is 10.9. The van der Waals surface area contributed by atoms with E-state index >= 15 is 0 Å².